The molecule has 2 aromatic heterocycles. The molecule has 7 heteroatoms. The molecule has 0 aliphatic heterocycles. The average molecular weight is 264 g/mol. The number of nitrogens with zero attached hydrogens (tertiary/aromatic N) is 4. The smallest absolute Gasteiger partial charge is 0.348 e. The third kappa shape index (κ3) is 3.11. The van der Waals surface area contributed by atoms with E-state index in [0.29, 0.717) is 11.7 Å². The first-order chi connectivity index (χ1) is 9.11. The SMILES string of the molecule is CCN(CCNC(C)C)c1cc2n[nH]c(=O)n2cn1. The first-order valence-corrected chi connectivity index (χ1v) is 6.53. The fourth-order valence-corrected chi connectivity index (χ4v) is 1.90. The minimum absolute atomic E-state index is 0.265. The number of H-pyrrole nitrogens is 1. The molecule has 0 unspecified atom stereocenters. The molecule has 0 spiro atoms. The van der Waals surface area contributed by atoms with Gasteiger partial charge in [0, 0.05) is 31.7 Å². The van der Waals surface area contributed by atoms with Crippen LogP contribution in [0.15, 0.2) is 17.2 Å². The van der Waals surface area contributed by atoms with Crippen LogP contribution >= 0.6 is 0 Å². The summed E-state index contributed by atoms with van der Waals surface area (Å²) in [6.45, 7) is 8.95. The van der Waals surface area contributed by atoms with Crippen LogP contribution in [0.25, 0.3) is 5.65 Å². The fourth-order valence-electron chi connectivity index (χ4n) is 1.90. The first-order valence-electron chi connectivity index (χ1n) is 6.53. The zero-order chi connectivity index (χ0) is 13.8. The lowest BCUT2D eigenvalue weighted by molar-refractivity contribution is 0.582. The average Bonchev–Trinajstić information content (AvgIpc) is 2.76. The maximum Gasteiger partial charge on any atom is 0.348 e. The second-order valence-corrected chi connectivity index (χ2v) is 4.69. The summed E-state index contributed by atoms with van der Waals surface area (Å²) in [6.07, 6.45) is 1.51. The molecule has 0 saturated carbocycles. The molecule has 0 atom stereocenters. The molecule has 104 valence electrons. The Morgan fingerprint density at radius 3 is 3.00 bits per heavy atom. The highest BCUT2D eigenvalue weighted by atomic mass is 16.1. The molecular formula is C12H20N6O. The Morgan fingerprint density at radius 2 is 2.32 bits per heavy atom. The highest BCUT2D eigenvalue weighted by Gasteiger charge is 2.08. The van der Waals surface area contributed by atoms with E-state index in [4.69, 9.17) is 0 Å². The van der Waals surface area contributed by atoms with Gasteiger partial charge in [-0.1, -0.05) is 13.8 Å². The lowest BCUT2D eigenvalue weighted by Gasteiger charge is -2.22. The minimum atomic E-state index is -0.265. The summed E-state index contributed by atoms with van der Waals surface area (Å²) in [7, 11) is 0. The monoisotopic (exact) mass is 264 g/mol. The highest BCUT2D eigenvalue weighted by Crippen LogP contribution is 2.10. The van der Waals surface area contributed by atoms with Crippen LogP contribution in [0.1, 0.15) is 20.8 Å². The molecule has 0 aliphatic carbocycles. The van der Waals surface area contributed by atoms with Crippen molar-refractivity contribution >= 4 is 11.5 Å². The number of aromatic nitrogens is 4. The van der Waals surface area contributed by atoms with Crippen molar-refractivity contribution in [2.45, 2.75) is 26.8 Å². The second-order valence-electron chi connectivity index (χ2n) is 4.69. The summed E-state index contributed by atoms with van der Waals surface area (Å²) in [5.41, 5.74) is 0.323. The molecule has 2 heterocycles. The van der Waals surface area contributed by atoms with Gasteiger partial charge < -0.3 is 10.2 Å². The molecule has 2 N–H and O–H groups in total. The molecule has 0 amide bonds. The number of aromatic amines is 1. The van der Waals surface area contributed by atoms with E-state index < -0.39 is 0 Å². The zero-order valence-electron chi connectivity index (χ0n) is 11.6. The molecule has 0 aliphatic rings. The van der Waals surface area contributed by atoms with E-state index in [2.05, 4.69) is 46.2 Å². The van der Waals surface area contributed by atoms with E-state index in [9.17, 15) is 4.79 Å². The summed E-state index contributed by atoms with van der Waals surface area (Å²) in [5.74, 6) is 0.833. The van der Waals surface area contributed by atoms with Crippen LogP contribution in [-0.2, 0) is 0 Å². The van der Waals surface area contributed by atoms with E-state index in [1.54, 1.807) is 0 Å². The number of anilines is 1. The van der Waals surface area contributed by atoms with E-state index in [1.165, 1.54) is 10.7 Å². The van der Waals surface area contributed by atoms with E-state index >= 15 is 0 Å². The van der Waals surface area contributed by atoms with Crippen LogP contribution in [0, 0.1) is 0 Å². The largest absolute Gasteiger partial charge is 0.355 e. The van der Waals surface area contributed by atoms with Gasteiger partial charge >= 0.3 is 5.69 Å². The Hall–Kier alpha value is -1.89. The molecule has 7 nitrogen and oxygen atoms in total. The number of likely N-dealkylation sites (N-methyl/N-ethyl adjacent to an activating group) is 1. The Labute approximate surface area is 111 Å². The number of hydrogen-bond acceptors (Lipinski definition) is 5. The maximum absolute atomic E-state index is 11.4. The normalized spacial score (nSPS) is 11.4. The summed E-state index contributed by atoms with van der Waals surface area (Å²) in [6, 6.07) is 2.29. The van der Waals surface area contributed by atoms with Gasteiger partial charge in [0.25, 0.3) is 0 Å². The van der Waals surface area contributed by atoms with Crippen molar-refractivity contribution < 1.29 is 0 Å². The first kappa shape index (κ1) is 13.5. The lowest BCUT2D eigenvalue weighted by atomic mass is 10.3. The van der Waals surface area contributed by atoms with E-state index in [1.807, 2.05) is 6.07 Å². The topological polar surface area (TPSA) is 78.3 Å². The Bertz CT molecular complexity index is 587. The number of fused-ring (bicyclic) bond motifs is 1. The van der Waals surface area contributed by atoms with Gasteiger partial charge in [0.15, 0.2) is 5.65 Å². The van der Waals surface area contributed by atoms with Gasteiger partial charge in [-0.15, -0.1) is 0 Å². The van der Waals surface area contributed by atoms with Crippen molar-refractivity contribution in [3.63, 3.8) is 0 Å². The van der Waals surface area contributed by atoms with Crippen LogP contribution in [0.2, 0.25) is 0 Å². The number of rotatable bonds is 6. The fraction of sp³-hybridized carbons (Fsp3) is 0.583. The lowest BCUT2D eigenvalue weighted by Crippen LogP contribution is -2.35. The van der Waals surface area contributed by atoms with Gasteiger partial charge in [-0.05, 0) is 6.92 Å². The van der Waals surface area contributed by atoms with E-state index in [0.717, 1.165) is 25.5 Å². The number of hydrogen-bond donors (Lipinski definition) is 2. The van der Waals surface area contributed by atoms with Crippen LogP contribution in [0.4, 0.5) is 5.82 Å². The Kier molecular flexibility index (Phi) is 4.16. The maximum atomic E-state index is 11.4. The highest BCUT2D eigenvalue weighted by molar-refractivity contribution is 5.50. The molecule has 0 radical (unpaired) electrons. The standard InChI is InChI=1S/C12H20N6O/c1-4-17(6-5-13-9(2)3)10-7-11-15-16-12(19)18(11)8-14-10/h7-9,13H,4-6H2,1-3H3,(H,16,19). The van der Waals surface area contributed by atoms with Gasteiger partial charge in [0.2, 0.25) is 0 Å². The molecule has 2 aromatic rings. The summed E-state index contributed by atoms with van der Waals surface area (Å²) in [4.78, 5) is 17.8. The van der Waals surface area contributed by atoms with Gasteiger partial charge in [-0.3, -0.25) is 0 Å². The van der Waals surface area contributed by atoms with E-state index in [-0.39, 0.29) is 5.69 Å². The van der Waals surface area contributed by atoms with Crippen LogP contribution < -0.4 is 15.9 Å². The number of nitrogens with one attached hydrogen (secondary N) is 2. The molecule has 0 fully saturated rings. The third-order valence-electron chi connectivity index (χ3n) is 2.94. The van der Waals surface area contributed by atoms with Crippen molar-refractivity contribution in [3.05, 3.63) is 22.9 Å². The van der Waals surface area contributed by atoms with Crippen LogP contribution in [0.3, 0.4) is 0 Å². The predicted octanol–water partition coefficient (Wildman–Crippen LogP) is 0.242. The Morgan fingerprint density at radius 1 is 1.53 bits per heavy atom. The van der Waals surface area contributed by atoms with Gasteiger partial charge in [-0.2, -0.15) is 5.10 Å². The molecule has 0 bridgehead atoms. The van der Waals surface area contributed by atoms with Crippen LogP contribution in [0.5, 0.6) is 0 Å². The molecule has 0 saturated heterocycles. The van der Waals surface area contributed by atoms with Crippen LogP contribution in [-0.4, -0.2) is 45.3 Å². The quantitative estimate of drug-likeness (QED) is 0.781. The van der Waals surface area contributed by atoms with Crippen molar-refractivity contribution in [2.24, 2.45) is 0 Å². The minimum Gasteiger partial charge on any atom is -0.355 e. The van der Waals surface area contributed by atoms with Gasteiger partial charge in [-0.25, -0.2) is 19.3 Å². The summed E-state index contributed by atoms with van der Waals surface area (Å²) < 4.78 is 1.39. The van der Waals surface area contributed by atoms with Crippen molar-refractivity contribution in [3.8, 4) is 0 Å². The van der Waals surface area contributed by atoms with Crippen molar-refractivity contribution in [1.82, 2.24) is 24.9 Å². The van der Waals surface area contributed by atoms with Gasteiger partial charge in [0.05, 0.1) is 0 Å². The van der Waals surface area contributed by atoms with Gasteiger partial charge in [0.1, 0.15) is 12.1 Å². The molecule has 2 rings (SSSR count). The molecule has 0 aromatic carbocycles. The van der Waals surface area contributed by atoms with Crippen molar-refractivity contribution in [2.75, 3.05) is 24.5 Å². The van der Waals surface area contributed by atoms with Crippen molar-refractivity contribution in [1.29, 1.82) is 0 Å². The molecular weight excluding hydrogens is 244 g/mol. The Balaban J connectivity index is 2.13. The second kappa shape index (κ2) is 5.83. The third-order valence-corrected chi connectivity index (χ3v) is 2.94. The molecule has 19 heavy (non-hydrogen) atoms. The summed E-state index contributed by atoms with van der Waals surface area (Å²) >= 11 is 0. The predicted molar refractivity (Wildman–Crippen MR) is 74.6 cm³/mol. The zero-order valence-corrected chi connectivity index (χ0v) is 11.6. The summed E-state index contributed by atoms with van der Waals surface area (Å²) in [5, 5.41) is 9.73.